The van der Waals surface area contributed by atoms with E-state index >= 15 is 0 Å². The predicted octanol–water partition coefficient (Wildman–Crippen LogP) is 2.46. The number of fused-ring (bicyclic) bond motifs is 1. The van der Waals surface area contributed by atoms with Gasteiger partial charge in [0, 0.05) is 28.9 Å². The van der Waals surface area contributed by atoms with Crippen LogP contribution in [0, 0.1) is 0 Å². The zero-order chi connectivity index (χ0) is 13.9. The lowest BCUT2D eigenvalue weighted by Gasteiger charge is -2.07. The maximum atomic E-state index is 12.3. The summed E-state index contributed by atoms with van der Waals surface area (Å²) in [4.78, 5) is 20.5. The van der Waals surface area contributed by atoms with Gasteiger partial charge in [-0.2, -0.15) is 0 Å². The number of benzene rings is 1. The van der Waals surface area contributed by atoms with Crippen LogP contribution >= 0.6 is 0 Å². The van der Waals surface area contributed by atoms with E-state index < -0.39 is 0 Å². The average molecular weight is 264 g/mol. The van der Waals surface area contributed by atoms with E-state index in [1.54, 1.807) is 48.8 Å². The van der Waals surface area contributed by atoms with Gasteiger partial charge in [-0.1, -0.05) is 18.2 Å². The molecule has 3 aromatic rings. The maximum absolute atomic E-state index is 12.3. The van der Waals surface area contributed by atoms with Gasteiger partial charge in [-0.05, 0) is 24.3 Å². The van der Waals surface area contributed by atoms with Crippen LogP contribution in [0.4, 0.5) is 11.5 Å². The molecule has 0 aliphatic rings. The first kappa shape index (κ1) is 12.1. The first-order chi connectivity index (χ1) is 9.75. The Morgan fingerprint density at radius 3 is 2.65 bits per heavy atom. The van der Waals surface area contributed by atoms with Crippen molar-refractivity contribution in [2.45, 2.75) is 0 Å². The number of pyridine rings is 2. The molecule has 0 fully saturated rings. The number of rotatable bonds is 2. The van der Waals surface area contributed by atoms with Gasteiger partial charge < -0.3 is 11.1 Å². The van der Waals surface area contributed by atoms with Crippen molar-refractivity contribution in [2.75, 3.05) is 11.1 Å². The number of nitrogens with two attached hydrogens (primary N) is 1. The van der Waals surface area contributed by atoms with E-state index in [0.29, 0.717) is 17.2 Å². The summed E-state index contributed by atoms with van der Waals surface area (Å²) in [7, 11) is 0. The Morgan fingerprint density at radius 1 is 0.950 bits per heavy atom. The van der Waals surface area contributed by atoms with E-state index in [1.165, 1.54) is 0 Å². The Balaban J connectivity index is 2.02. The number of carbonyl (C=O) groups is 1. The zero-order valence-corrected chi connectivity index (χ0v) is 10.6. The average Bonchev–Trinajstić information content (AvgIpc) is 2.48. The summed E-state index contributed by atoms with van der Waals surface area (Å²) in [5, 5.41) is 4.25. The minimum atomic E-state index is -0.306. The summed E-state index contributed by atoms with van der Waals surface area (Å²) < 4.78 is 0. The highest BCUT2D eigenvalue weighted by Crippen LogP contribution is 2.22. The fourth-order valence-corrected chi connectivity index (χ4v) is 2.02. The summed E-state index contributed by atoms with van der Waals surface area (Å²) in [6, 6.07) is 12.5. The Bertz CT molecular complexity index is 771. The van der Waals surface area contributed by atoms with Crippen molar-refractivity contribution in [1.82, 2.24) is 9.97 Å². The molecule has 1 aromatic carbocycles. The number of hydrogen-bond acceptors (Lipinski definition) is 4. The second-order valence-electron chi connectivity index (χ2n) is 4.27. The molecule has 0 unspecified atom stereocenters. The largest absolute Gasteiger partial charge is 0.398 e. The third-order valence-corrected chi connectivity index (χ3v) is 2.96. The molecular formula is C15H12N4O. The number of carbonyl (C=O) groups excluding carboxylic acids is 1. The number of nitrogens with zero attached hydrogens (tertiary/aromatic N) is 2. The van der Waals surface area contributed by atoms with Crippen molar-refractivity contribution < 1.29 is 4.79 Å². The summed E-state index contributed by atoms with van der Waals surface area (Å²) in [6.07, 6.45) is 3.19. The quantitative estimate of drug-likeness (QED) is 0.697. The van der Waals surface area contributed by atoms with E-state index in [0.717, 1.165) is 10.8 Å². The smallest absolute Gasteiger partial charge is 0.276 e. The Morgan fingerprint density at radius 2 is 1.85 bits per heavy atom. The van der Waals surface area contributed by atoms with Gasteiger partial charge in [0.15, 0.2) is 0 Å². The normalized spacial score (nSPS) is 10.4. The highest BCUT2D eigenvalue weighted by molar-refractivity contribution is 6.12. The molecule has 0 saturated carbocycles. The number of anilines is 2. The van der Waals surface area contributed by atoms with Crippen LogP contribution in [0.3, 0.4) is 0 Å². The minimum absolute atomic E-state index is 0.306. The van der Waals surface area contributed by atoms with Crippen molar-refractivity contribution >= 4 is 28.2 Å². The van der Waals surface area contributed by atoms with Crippen LogP contribution in [0.25, 0.3) is 10.8 Å². The number of amides is 1. The third kappa shape index (κ3) is 2.16. The highest BCUT2D eigenvalue weighted by Gasteiger charge is 2.13. The molecule has 0 aliphatic carbocycles. The topological polar surface area (TPSA) is 80.9 Å². The summed E-state index contributed by atoms with van der Waals surface area (Å²) in [6.45, 7) is 0. The Kier molecular flexibility index (Phi) is 3.01. The van der Waals surface area contributed by atoms with Crippen molar-refractivity contribution in [2.24, 2.45) is 0 Å². The SMILES string of the molecule is Nc1cccc2c(C(=O)Nc3ccccn3)nccc12. The van der Waals surface area contributed by atoms with Crippen LogP contribution in [0.1, 0.15) is 10.5 Å². The Hall–Kier alpha value is -2.95. The van der Waals surface area contributed by atoms with Crippen LogP contribution in [-0.4, -0.2) is 15.9 Å². The first-order valence-electron chi connectivity index (χ1n) is 6.11. The molecule has 2 heterocycles. The number of hydrogen-bond donors (Lipinski definition) is 2. The highest BCUT2D eigenvalue weighted by atomic mass is 16.1. The first-order valence-corrected chi connectivity index (χ1v) is 6.11. The van der Waals surface area contributed by atoms with Gasteiger partial charge in [0.1, 0.15) is 11.5 Å². The summed E-state index contributed by atoms with van der Waals surface area (Å²) in [5.74, 6) is 0.181. The van der Waals surface area contributed by atoms with Crippen LogP contribution in [0.5, 0.6) is 0 Å². The number of nitrogen functional groups attached to an aromatic ring is 1. The predicted molar refractivity (Wildman–Crippen MR) is 78.3 cm³/mol. The lowest BCUT2D eigenvalue weighted by molar-refractivity contribution is 0.102. The Labute approximate surface area is 115 Å². The molecular weight excluding hydrogens is 252 g/mol. The monoisotopic (exact) mass is 264 g/mol. The molecule has 20 heavy (non-hydrogen) atoms. The molecule has 0 bridgehead atoms. The van der Waals surface area contributed by atoms with Crippen LogP contribution in [-0.2, 0) is 0 Å². The van der Waals surface area contributed by atoms with E-state index in [2.05, 4.69) is 15.3 Å². The van der Waals surface area contributed by atoms with Gasteiger partial charge in [0.05, 0.1) is 0 Å². The molecule has 5 heteroatoms. The molecule has 1 amide bonds. The van der Waals surface area contributed by atoms with Crippen molar-refractivity contribution in [1.29, 1.82) is 0 Å². The van der Waals surface area contributed by atoms with Gasteiger partial charge in [0.2, 0.25) is 0 Å². The maximum Gasteiger partial charge on any atom is 0.276 e. The third-order valence-electron chi connectivity index (χ3n) is 2.96. The van der Waals surface area contributed by atoms with E-state index in [1.807, 2.05) is 6.07 Å². The molecule has 0 spiro atoms. The van der Waals surface area contributed by atoms with Gasteiger partial charge >= 0.3 is 0 Å². The second kappa shape index (κ2) is 4.97. The molecule has 0 radical (unpaired) electrons. The lowest BCUT2D eigenvalue weighted by atomic mass is 10.1. The van der Waals surface area contributed by atoms with Crippen molar-refractivity contribution in [3.63, 3.8) is 0 Å². The fraction of sp³-hybridized carbons (Fsp3) is 0. The van der Waals surface area contributed by atoms with Crippen LogP contribution < -0.4 is 11.1 Å². The van der Waals surface area contributed by atoms with Gasteiger partial charge in [-0.15, -0.1) is 0 Å². The molecule has 5 nitrogen and oxygen atoms in total. The summed E-state index contributed by atoms with van der Waals surface area (Å²) in [5.41, 5.74) is 6.86. The molecule has 0 saturated heterocycles. The zero-order valence-electron chi connectivity index (χ0n) is 10.6. The molecule has 3 N–H and O–H groups in total. The van der Waals surface area contributed by atoms with E-state index in [-0.39, 0.29) is 5.91 Å². The molecule has 0 aliphatic heterocycles. The van der Waals surface area contributed by atoms with Gasteiger partial charge in [0.25, 0.3) is 5.91 Å². The summed E-state index contributed by atoms with van der Waals surface area (Å²) >= 11 is 0. The van der Waals surface area contributed by atoms with E-state index in [9.17, 15) is 4.79 Å². The van der Waals surface area contributed by atoms with Crippen LogP contribution in [0.15, 0.2) is 54.9 Å². The van der Waals surface area contributed by atoms with Crippen LogP contribution in [0.2, 0.25) is 0 Å². The fourth-order valence-electron chi connectivity index (χ4n) is 2.02. The number of nitrogens with one attached hydrogen (secondary N) is 1. The molecule has 0 atom stereocenters. The number of aromatic nitrogens is 2. The standard InChI is InChI=1S/C15H12N4O/c16-12-5-3-4-11-10(12)7-9-18-14(11)15(20)19-13-6-1-2-8-17-13/h1-9H,16H2,(H,17,19,20). The van der Waals surface area contributed by atoms with Crippen molar-refractivity contribution in [3.05, 3.63) is 60.6 Å². The second-order valence-corrected chi connectivity index (χ2v) is 4.27. The molecule has 3 rings (SSSR count). The lowest BCUT2D eigenvalue weighted by Crippen LogP contribution is -2.15. The molecule has 98 valence electrons. The van der Waals surface area contributed by atoms with E-state index in [4.69, 9.17) is 5.73 Å². The molecule has 2 aromatic heterocycles. The van der Waals surface area contributed by atoms with Gasteiger partial charge in [-0.25, -0.2) is 4.98 Å². The van der Waals surface area contributed by atoms with Gasteiger partial charge in [-0.3, -0.25) is 9.78 Å². The van der Waals surface area contributed by atoms with Crippen molar-refractivity contribution in [3.8, 4) is 0 Å². The minimum Gasteiger partial charge on any atom is -0.398 e.